The number of nitrogens with two attached hydrogens (primary N) is 1. The maximum absolute atomic E-state index is 11.7. The monoisotopic (exact) mass is 420 g/mol. The van der Waals surface area contributed by atoms with E-state index in [9.17, 15) is 15.0 Å². The van der Waals surface area contributed by atoms with E-state index in [1.807, 2.05) is 26.8 Å². The topological polar surface area (TPSA) is 96.4 Å². The minimum Gasteiger partial charge on any atom is -0.479 e. The lowest BCUT2D eigenvalue weighted by atomic mass is 9.83. The van der Waals surface area contributed by atoms with Gasteiger partial charge in [0.2, 0.25) is 0 Å². The number of nitrogens with zero attached hydrogens (tertiary/aromatic N) is 1. The first kappa shape index (κ1) is 26.1. The molecule has 2 atom stereocenters. The number of aliphatic carboxylic acids is 1. The fourth-order valence-electron chi connectivity index (χ4n) is 3.38. The third-order valence-corrected chi connectivity index (χ3v) is 5.32. The number of hydrogen-bond donors (Lipinski definition) is 3. The van der Waals surface area contributed by atoms with Crippen LogP contribution in [0.2, 0.25) is 0 Å². The highest BCUT2D eigenvalue weighted by atomic mass is 35.5. The number of carboxylic acids is 1. The van der Waals surface area contributed by atoms with Crippen molar-refractivity contribution in [3.05, 3.63) is 29.1 Å². The maximum Gasteiger partial charge on any atom is 0.337 e. The predicted molar refractivity (Wildman–Crippen MR) is 113 cm³/mol. The molecule has 1 aromatic heterocycles. The first-order valence-corrected chi connectivity index (χ1v) is 9.38. The second-order valence-corrected chi connectivity index (χ2v) is 8.02. The van der Waals surface area contributed by atoms with E-state index in [4.69, 9.17) is 5.73 Å². The predicted octanol–water partition coefficient (Wildman–Crippen LogP) is 3.70. The average molecular weight is 421 g/mol. The number of carboxylic acid groups (broad SMARTS) is 1. The molecule has 1 heterocycles. The highest BCUT2D eigenvalue weighted by molar-refractivity contribution is 5.85. The Morgan fingerprint density at radius 1 is 1.37 bits per heavy atom. The van der Waals surface area contributed by atoms with Crippen molar-refractivity contribution >= 4 is 30.8 Å². The Balaban J connectivity index is 0.00000338. The standard InChI is InChI=1S/C20H32N2O3.2ClH/c1-13(2)11-18(21)20(25,19(23)24)12-17-14(3)16(9-10-22-17)6-4-5-15-7-8-15;;/h9-10,13,15,18,25H,4-8,11-12,21H2,1-3H3,(H,23,24);2*1H/t18-,20+;;/m0../s1. The molecule has 0 unspecified atom stereocenters. The van der Waals surface area contributed by atoms with Crippen LogP contribution in [0.25, 0.3) is 0 Å². The zero-order valence-electron chi connectivity index (χ0n) is 16.5. The number of aromatic nitrogens is 1. The highest BCUT2D eigenvalue weighted by Gasteiger charge is 2.43. The van der Waals surface area contributed by atoms with Gasteiger partial charge in [0.1, 0.15) is 0 Å². The molecule has 1 fully saturated rings. The summed E-state index contributed by atoms with van der Waals surface area (Å²) in [7, 11) is 0. The summed E-state index contributed by atoms with van der Waals surface area (Å²) in [6.07, 6.45) is 8.20. The van der Waals surface area contributed by atoms with E-state index in [-0.39, 0.29) is 37.2 Å². The zero-order chi connectivity index (χ0) is 18.6. The van der Waals surface area contributed by atoms with Crippen LogP contribution >= 0.6 is 24.8 Å². The van der Waals surface area contributed by atoms with Crippen molar-refractivity contribution in [1.82, 2.24) is 4.98 Å². The van der Waals surface area contributed by atoms with Crippen molar-refractivity contribution in [3.63, 3.8) is 0 Å². The number of aliphatic hydroxyl groups is 1. The minimum absolute atomic E-state index is 0. The van der Waals surface area contributed by atoms with Crippen LogP contribution in [0.3, 0.4) is 0 Å². The van der Waals surface area contributed by atoms with Gasteiger partial charge in [0.25, 0.3) is 0 Å². The maximum atomic E-state index is 11.7. The van der Waals surface area contributed by atoms with Crippen molar-refractivity contribution in [1.29, 1.82) is 0 Å². The first-order chi connectivity index (χ1) is 11.7. The van der Waals surface area contributed by atoms with Crippen LogP contribution < -0.4 is 5.73 Å². The number of rotatable bonds is 10. The molecule has 0 bridgehead atoms. The summed E-state index contributed by atoms with van der Waals surface area (Å²) < 4.78 is 0. The lowest BCUT2D eigenvalue weighted by molar-refractivity contribution is -0.161. The molecule has 0 aromatic carbocycles. The quantitative estimate of drug-likeness (QED) is 0.535. The van der Waals surface area contributed by atoms with Crippen LogP contribution in [-0.2, 0) is 17.6 Å². The smallest absolute Gasteiger partial charge is 0.337 e. The molecule has 0 spiro atoms. The van der Waals surface area contributed by atoms with E-state index in [0.717, 1.165) is 24.3 Å². The normalized spacial score (nSPS) is 16.8. The summed E-state index contributed by atoms with van der Waals surface area (Å²) in [6.45, 7) is 5.89. The van der Waals surface area contributed by atoms with Gasteiger partial charge in [-0.3, -0.25) is 4.98 Å². The third-order valence-electron chi connectivity index (χ3n) is 5.32. The van der Waals surface area contributed by atoms with E-state index in [0.29, 0.717) is 12.1 Å². The fourth-order valence-corrected chi connectivity index (χ4v) is 3.38. The molecular weight excluding hydrogens is 387 g/mol. The van der Waals surface area contributed by atoms with E-state index in [2.05, 4.69) is 4.98 Å². The van der Waals surface area contributed by atoms with Gasteiger partial charge >= 0.3 is 5.97 Å². The van der Waals surface area contributed by atoms with Crippen molar-refractivity contribution in [2.24, 2.45) is 17.6 Å². The lowest BCUT2D eigenvalue weighted by Crippen LogP contribution is -2.56. The number of aryl methyl sites for hydroxylation is 1. The van der Waals surface area contributed by atoms with Gasteiger partial charge in [-0.25, -0.2) is 4.79 Å². The van der Waals surface area contributed by atoms with Gasteiger partial charge < -0.3 is 15.9 Å². The molecule has 1 saturated carbocycles. The second kappa shape index (κ2) is 11.2. The largest absolute Gasteiger partial charge is 0.479 e. The number of pyridine rings is 1. The van der Waals surface area contributed by atoms with Crippen molar-refractivity contribution in [3.8, 4) is 0 Å². The average Bonchev–Trinajstić information content (AvgIpc) is 3.34. The van der Waals surface area contributed by atoms with Gasteiger partial charge in [-0.05, 0) is 55.2 Å². The summed E-state index contributed by atoms with van der Waals surface area (Å²) >= 11 is 0. The molecule has 1 aromatic rings. The van der Waals surface area contributed by atoms with Gasteiger partial charge in [-0.15, -0.1) is 24.8 Å². The fraction of sp³-hybridized carbons (Fsp3) is 0.700. The van der Waals surface area contributed by atoms with E-state index in [1.165, 1.54) is 24.8 Å². The molecule has 7 heteroatoms. The van der Waals surface area contributed by atoms with Crippen LogP contribution in [0.15, 0.2) is 12.3 Å². The van der Waals surface area contributed by atoms with E-state index in [1.54, 1.807) is 6.20 Å². The van der Waals surface area contributed by atoms with Crippen molar-refractivity contribution in [2.45, 2.75) is 77.4 Å². The minimum atomic E-state index is -1.99. The SMILES string of the molecule is Cc1c(CCCC2CC2)ccnc1C[C@](O)(C(=O)O)[C@@H](N)CC(C)C.Cl.Cl. The molecule has 2 rings (SSSR count). The van der Waals surface area contributed by atoms with Crippen molar-refractivity contribution < 1.29 is 15.0 Å². The summed E-state index contributed by atoms with van der Waals surface area (Å²) in [5.41, 5.74) is 6.86. The highest BCUT2D eigenvalue weighted by Crippen LogP contribution is 2.34. The molecule has 4 N–H and O–H groups in total. The summed E-state index contributed by atoms with van der Waals surface area (Å²) in [5.74, 6) is -0.155. The number of hydrogen-bond acceptors (Lipinski definition) is 4. The molecule has 156 valence electrons. The summed E-state index contributed by atoms with van der Waals surface area (Å²) in [6, 6.07) is 1.17. The van der Waals surface area contributed by atoms with Gasteiger partial charge in [0, 0.05) is 24.4 Å². The molecule has 0 saturated heterocycles. The molecule has 0 aliphatic heterocycles. The van der Waals surface area contributed by atoms with Gasteiger partial charge in [0.15, 0.2) is 5.60 Å². The van der Waals surface area contributed by atoms with Gasteiger partial charge in [-0.2, -0.15) is 0 Å². The third kappa shape index (κ3) is 7.22. The molecule has 0 radical (unpaired) electrons. The van der Waals surface area contributed by atoms with Crippen LogP contribution in [-0.4, -0.2) is 32.8 Å². The zero-order valence-corrected chi connectivity index (χ0v) is 18.1. The Hall–Kier alpha value is -0.880. The molecule has 1 aliphatic rings. The van der Waals surface area contributed by atoms with Crippen LogP contribution in [0, 0.1) is 18.8 Å². The van der Waals surface area contributed by atoms with E-state index < -0.39 is 17.6 Å². The van der Waals surface area contributed by atoms with Crippen LogP contribution in [0.4, 0.5) is 0 Å². The Labute approximate surface area is 175 Å². The van der Waals surface area contributed by atoms with Crippen LogP contribution in [0.5, 0.6) is 0 Å². The Morgan fingerprint density at radius 3 is 2.52 bits per heavy atom. The second-order valence-electron chi connectivity index (χ2n) is 8.02. The number of halogens is 2. The molecular formula is C20H34Cl2N2O3. The summed E-state index contributed by atoms with van der Waals surface area (Å²) in [4.78, 5) is 16.1. The Kier molecular flexibility index (Phi) is 10.8. The summed E-state index contributed by atoms with van der Waals surface area (Å²) in [5, 5.41) is 20.4. The molecule has 1 aliphatic carbocycles. The molecule has 27 heavy (non-hydrogen) atoms. The molecule has 0 amide bonds. The van der Waals surface area contributed by atoms with Gasteiger partial charge in [-0.1, -0.05) is 33.1 Å². The number of carbonyl (C=O) groups is 1. The Morgan fingerprint density at radius 2 is 2.00 bits per heavy atom. The lowest BCUT2D eigenvalue weighted by Gasteiger charge is -2.31. The van der Waals surface area contributed by atoms with Crippen LogP contribution in [0.1, 0.15) is 62.8 Å². The first-order valence-electron chi connectivity index (χ1n) is 9.38. The Bertz CT molecular complexity index is 609. The van der Waals surface area contributed by atoms with E-state index >= 15 is 0 Å². The molecule has 5 nitrogen and oxygen atoms in total. The van der Waals surface area contributed by atoms with Gasteiger partial charge in [0.05, 0.1) is 0 Å². The van der Waals surface area contributed by atoms with Crippen molar-refractivity contribution in [2.75, 3.05) is 0 Å².